The normalized spacial score (nSPS) is 14.6. The molecule has 1 fully saturated rings. The third-order valence-electron chi connectivity index (χ3n) is 5.24. The van der Waals surface area contributed by atoms with Crippen molar-refractivity contribution in [3.8, 4) is 0 Å². The average molecular weight is 398 g/mol. The molecule has 1 heterocycles. The first-order valence-electron chi connectivity index (χ1n) is 9.91. The summed E-state index contributed by atoms with van der Waals surface area (Å²) in [5.41, 5.74) is 3.91. The molecule has 0 saturated carbocycles. The number of nitrogens with zero attached hydrogens (tertiary/aromatic N) is 1. The second-order valence-electron chi connectivity index (χ2n) is 7.40. The molecule has 4 rings (SSSR count). The summed E-state index contributed by atoms with van der Waals surface area (Å²) in [6.45, 7) is 2.02. The van der Waals surface area contributed by atoms with E-state index >= 15 is 0 Å². The van der Waals surface area contributed by atoms with Gasteiger partial charge in [0.15, 0.2) is 0 Å². The number of hydrogen-bond acceptors (Lipinski definition) is 3. The molecule has 3 amide bonds. The summed E-state index contributed by atoms with van der Waals surface area (Å²) in [5, 5.41) is 3.10. The Morgan fingerprint density at radius 3 is 2.13 bits per heavy atom. The summed E-state index contributed by atoms with van der Waals surface area (Å²) in [6, 6.07) is 24.1. The smallest absolute Gasteiger partial charge is 0.252 e. The molecule has 1 aliphatic rings. The predicted octanol–water partition coefficient (Wildman–Crippen LogP) is 4.17. The van der Waals surface area contributed by atoms with Crippen LogP contribution in [0.5, 0.6) is 0 Å². The molecule has 1 atom stereocenters. The van der Waals surface area contributed by atoms with Crippen molar-refractivity contribution in [1.29, 1.82) is 0 Å². The van der Waals surface area contributed by atoms with Crippen LogP contribution < -0.4 is 10.2 Å². The van der Waals surface area contributed by atoms with Gasteiger partial charge in [-0.15, -0.1) is 0 Å². The highest BCUT2D eigenvalue weighted by atomic mass is 16.2. The maximum absolute atomic E-state index is 13.1. The largest absolute Gasteiger partial charge is 0.341 e. The zero-order valence-electron chi connectivity index (χ0n) is 16.7. The van der Waals surface area contributed by atoms with E-state index in [1.165, 1.54) is 0 Å². The zero-order chi connectivity index (χ0) is 21.1. The van der Waals surface area contributed by atoms with Crippen molar-refractivity contribution in [1.82, 2.24) is 5.32 Å². The predicted molar refractivity (Wildman–Crippen MR) is 115 cm³/mol. The number of rotatable bonds is 5. The van der Waals surface area contributed by atoms with Gasteiger partial charge in [0.25, 0.3) is 5.91 Å². The minimum Gasteiger partial charge on any atom is -0.341 e. The van der Waals surface area contributed by atoms with Gasteiger partial charge in [-0.1, -0.05) is 66.2 Å². The topological polar surface area (TPSA) is 66.5 Å². The van der Waals surface area contributed by atoms with Crippen LogP contribution in [0, 0.1) is 6.92 Å². The van der Waals surface area contributed by atoms with Gasteiger partial charge in [0.2, 0.25) is 11.8 Å². The van der Waals surface area contributed by atoms with Gasteiger partial charge in [0, 0.05) is 18.4 Å². The summed E-state index contributed by atoms with van der Waals surface area (Å²) in [5.74, 6) is -0.746. The number of nitrogens with one attached hydrogen (secondary N) is 1. The summed E-state index contributed by atoms with van der Waals surface area (Å²) >= 11 is 0. The Bertz CT molecular complexity index is 1070. The first-order chi connectivity index (χ1) is 14.5. The number of anilines is 1. The number of imide groups is 1. The number of amides is 3. The van der Waals surface area contributed by atoms with Crippen LogP contribution in [-0.2, 0) is 9.59 Å². The van der Waals surface area contributed by atoms with Gasteiger partial charge in [-0.2, -0.15) is 0 Å². The highest BCUT2D eigenvalue weighted by molar-refractivity contribution is 6.20. The number of carbonyl (C=O) groups excluding carboxylic acids is 3. The fraction of sp³-hybridized carbons (Fsp3) is 0.160. The van der Waals surface area contributed by atoms with Crippen molar-refractivity contribution in [2.45, 2.75) is 25.8 Å². The van der Waals surface area contributed by atoms with Gasteiger partial charge in [0.1, 0.15) is 0 Å². The van der Waals surface area contributed by atoms with Crippen LogP contribution in [0.3, 0.4) is 0 Å². The Balaban J connectivity index is 1.63. The molecular weight excluding hydrogens is 376 g/mol. The number of benzene rings is 3. The molecule has 5 heteroatoms. The number of carbonyl (C=O) groups is 3. The van der Waals surface area contributed by atoms with Crippen molar-refractivity contribution in [3.05, 3.63) is 101 Å². The molecule has 1 N–H and O–H groups in total. The minimum atomic E-state index is -0.321. The highest BCUT2D eigenvalue weighted by Gasteiger charge is 2.30. The summed E-state index contributed by atoms with van der Waals surface area (Å²) in [4.78, 5) is 38.3. The molecule has 3 aromatic carbocycles. The molecule has 0 aromatic heterocycles. The van der Waals surface area contributed by atoms with Gasteiger partial charge in [0.05, 0.1) is 11.7 Å². The van der Waals surface area contributed by atoms with E-state index in [2.05, 4.69) is 5.32 Å². The lowest BCUT2D eigenvalue weighted by Crippen LogP contribution is -2.31. The zero-order valence-corrected chi connectivity index (χ0v) is 16.7. The van der Waals surface area contributed by atoms with Gasteiger partial charge in [-0.25, -0.2) is 0 Å². The fourth-order valence-electron chi connectivity index (χ4n) is 3.63. The van der Waals surface area contributed by atoms with Crippen LogP contribution in [0.4, 0.5) is 5.69 Å². The monoisotopic (exact) mass is 398 g/mol. The van der Waals surface area contributed by atoms with E-state index in [0.29, 0.717) is 11.3 Å². The van der Waals surface area contributed by atoms with Crippen LogP contribution in [0.15, 0.2) is 78.9 Å². The van der Waals surface area contributed by atoms with E-state index in [0.717, 1.165) is 21.6 Å². The molecule has 0 aliphatic carbocycles. The van der Waals surface area contributed by atoms with Crippen LogP contribution in [-0.4, -0.2) is 17.7 Å². The van der Waals surface area contributed by atoms with E-state index in [1.54, 1.807) is 24.3 Å². The van der Waals surface area contributed by atoms with E-state index < -0.39 is 0 Å². The van der Waals surface area contributed by atoms with E-state index in [1.807, 2.05) is 61.5 Å². The van der Waals surface area contributed by atoms with Crippen molar-refractivity contribution >= 4 is 23.4 Å². The Hall–Kier alpha value is -3.73. The lowest BCUT2D eigenvalue weighted by Gasteiger charge is -2.21. The van der Waals surface area contributed by atoms with Gasteiger partial charge in [-0.05, 0) is 36.2 Å². The van der Waals surface area contributed by atoms with Crippen molar-refractivity contribution in [2.24, 2.45) is 0 Å². The van der Waals surface area contributed by atoms with E-state index in [9.17, 15) is 14.4 Å². The first-order valence-corrected chi connectivity index (χ1v) is 9.91. The lowest BCUT2D eigenvalue weighted by molar-refractivity contribution is -0.121. The molecular formula is C25H22N2O3. The lowest BCUT2D eigenvalue weighted by atomic mass is 9.97. The molecule has 0 radical (unpaired) electrons. The van der Waals surface area contributed by atoms with Crippen LogP contribution in [0.1, 0.15) is 45.9 Å². The fourth-order valence-corrected chi connectivity index (χ4v) is 3.63. The maximum Gasteiger partial charge on any atom is 0.252 e. The van der Waals surface area contributed by atoms with E-state index in [4.69, 9.17) is 0 Å². The minimum absolute atomic E-state index is 0.207. The maximum atomic E-state index is 13.1. The Labute approximate surface area is 175 Å². The molecule has 1 unspecified atom stereocenters. The first kappa shape index (κ1) is 19.6. The van der Waals surface area contributed by atoms with Crippen molar-refractivity contribution in [3.63, 3.8) is 0 Å². The van der Waals surface area contributed by atoms with Crippen LogP contribution >= 0.6 is 0 Å². The van der Waals surface area contributed by atoms with Crippen LogP contribution in [0.2, 0.25) is 0 Å². The van der Waals surface area contributed by atoms with Crippen LogP contribution in [0.25, 0.3) is 0 Å². The van der Waals surface area contributed by atoms with Gasteiger partial charge >= 0.3 is 0 Å². The third kappa shape index (κ3) is 4.01. The van der Waals surface area contributed by atoms with Crippen molar-refractivity contribution in [2.75, 3.05) is 4.90 Å². The molecule has 0 spiro atoms. The molecule has 30 heavy (non-hydrogen) atoms. The summed E-state index contributed by atoms with van der Waals surface area (Å²) in [7, 11) is 0. The third-order valence-corrected chi connectivity index (χ3v) is 5.24. The summed E-state index contributed by atoms with van der Waals surface area (Å²) in [6.07, 6.45) is 0.414. The molecule has 150 valence electrons. The number of hydrogen-bond donors (Lipinski definition) is 1. The Morgan fingerprint density at radius 1 is 0.833 bits per heavy atom. The quantitative estimate of drug-likeness (QED) is 0.656. The Morgan fingerprint density at radius 2 is 1.47 bits per heavy atom. The molecule has 3 aromatic rings. The van der Waals surface area contributed by atoms with Crippen molar-refractivity contribution < 1.29 is 14.4 Å². The second kappa shape index (κ2) is 8.33. The number of aryl methyl sites for hydroxylation is 1. The molecule has 5 nitrogen and oxygen atoms in total. The Kier molecular flexibility index (Phi) is 5.44. The molecule has 1 aliphatic heterocycles. The molecule has 1 saturated heterocycles. The van der Waals surface area contributed by atoms with Gasteiger partial charge in [-0.3, -0.25) is 19.3 Å². The second-order valence-corrected chi connectivity index (χ2v) is 7.40. The average Bonchev–Trinajstić information content (AvgIpc) is 3.11. The standard InChI is InChI=1S/C25H22N2O3/c1-17-10-12-19(13-11-17)24(18-6-3-2-4-7-18)26-25(30)20-8-5-9-21(16-20)27-22(28)14-15-23(27)29/h2-13,16,24H,14-15H2,1H3,(H,26,30). The van der Waals surface area contributed by atoms with Gasteiger partial charge < -0.3 is 5.32 Å². The SMILES string of the molecule is Cc1ccc(C(NC(=O)c2cccc(N3C(=O)CCC3=O)c2)c2ccccc2)cc1. The molecule has 0 bridgehead atoms. The van der Waals surface area contributed by atoms with E-state index in [-0.39, 0.29) is 36.6 Å². The highest BCUT2D eigenvalue weighted by Crippen LogP contribution is 2.26. The summed E-state index contributed by atoms with van der Waals surface area (Å²) < 4.78 is 0.